The molecule has 0 bridgehead atoms. The average molecular weight is 173 g/mol. The summed E-state index contributed by atoms with van der Waals surface area (Å²) in [5.74, 6) is 0. The molecule has 3 heteroatoms. The third-order valence-electron chi connectivity index (χ3n) is 0.753. The van der Waals surface area contributed by atoms with Gasteiger partial charge in [-0.05, 0) is 4.99 Å². The molecule has 1 aromatic rings. The molecule has 1 aromatic heterocycles. The van der Waals surface area contributed by atoms with Gasteiger partial charge in [0.05, 0.1) is 6.33 Å². The summed E-state index contributed by atoms with van der Waals surface area (Å²) in [7, 11) is 0. The molecular formula is C5H5BrN2. The van der Waals surface area contributed by atoms with Crippen LogP contribution in [-0.2, 0) is 0 Å². The van der Waals surface area contributed by atoms with Crippen LogP contribution < -0.4 is 0 Å². The van der Waals surface area contributed by atoms with Crippen LogP contribution in [0.15, 0.2) is 23.7 Å². The first-order valence-corrected chi connectivity index (χ1v) is 3.09. The number of rotatable bonds is 1. The van der Waals surface area contributed by atoms with Crippen molar-refractivity contribution >= 4 is 22.1 Å². The molecule has 0 aliphatic heterocycles. The normalized spacial score (nSPS) is 10.6. The van der Waals surface area contributed by atoms with Gasteiger partial charge in [-0.1, -0.05) is 15.9 Å². The molecule has 0 saturated carbocycles. The van der Waals surface area contributed by atoms with Crippen LogP contribution in [0, 0.1) is 0 Å². The highest BCUT2D eigenvalue weighted by atomic mass is 79.9. The largest absolute Gasteiger partial charge is 0.313 e. The minimum absolute atomic E-state index is 1.72. The first-order chi connectivity index (χ1) is 3.93. The molecule has 0 aliphatic rings. The van der Waals surface area contributed by atoms with Crippen molar-refractivity contribution in [3.8, 4) is 0 Å². The lowest BCUT2D eigenvalue weighted by atomic mass is 10.9. The Kier molecular flexibility index (Phi) is 1.86. The third kappa shape index (κ3) is 1.20. The molecule has 1 rings (SSSR count). The standard InChI is InChI=1S/C5H5BrN2/c6-1-3-8-4-2-7-5-8/h1-5H. The Hall–Kier alpha value is -0.570. The van der Waals surface area contributed by atoms with Crippen LogP contribution in [0.2, 0.25) is 0 Å². The fourth-order valence-electron chi connectivity index (χ4n) is 0.423. The molecule has 0 spiro atoms. The molecular weight excluding hydrogens is 168 g/mol. The number of aromatic nitrogens is 2. The van der Waals surface area contributed by atoms with Crippen molar-refractivity contribution in [1.29, 1.82) is 0 Å². The summed E-state index contributed by atoms with van der Waals surface area (Å²) in [4.78, 5) is 5.60. The van der Waals surface area contributed by atoms with Gasteiger partial charge in [0.15, 0.2) is 0 Å². The quantitative estimate of drug-likeness (QED) is 0.631. The van der Waals surface area contributed by atoms with E-state index < -0.39 is 0 Å². The molecule has 0 aromatic carbocycles. The summed E-state index contributed by atoms with van der Waals surface area (Å²) in [6.07, 6.45) is 7.16. The van der Waals surface area contributed by atoms with E-state index in [1.54, 1.807) is 17.5 Å². The lowest BCUT2D eigenvalue weighted by Gasteiger charge is -1.82. The molecule has 0 aliphatic carbocycles. The Labute approximate surface area is 56.0 Å². The minimum Gasteiger partial charge on any atom is -0.313 e. The average Bonchev–Trinajstić information content (AvgIpc) is 2.19. The van der Waals surface area contributed by atoms with Crippen LogP contribution >= 0.6 is 15.9 Å². The molecule has 0 N–H and O–H groups in total. The van der Waals surface area contributed by atoms with Crippen LogP contribution in [0.5, 0.6) is 0 Å². The maximum Gasteiger partial charge on any atom is 0.0986 e. The van der Waals surface area contributed by atoms with E-state index in [9.17, 15) is 0 Å². The van der Waals surface area contributed by atoms with Crippen molar-refractivity contribution in [2.75, 3.05) is 0 Å². The van der Waals surface area contributed by atoms with Crippen LogP contribution in [0.25, 0.3) is 6.20 Å². The second-order valence-electron chi connectivity index (χ2n) is 1.28. The topological polar surface area (TPSA) is 17.8 Å². The number of imidazole rings is 1. The lowest BCUT2D eigenvalue weighted by Crippen LogP contribution is -1.74. The molecule has 2 nitrogen and oxygen atoms in total. The van der Waals surface area contributed by atoms with E-state index in [2.05, 4.69) is 20.9 Å². The van der Waals surface area contributed by atoms with E-state index in [0.717, 1.165) is 0 Å². The molecule has 42 valence electrons. The number of nitrogens with zero attached hydrogens (tertiary/aromatic N) is 2. The van der Waals surface area contributed by atoms with Gasteiger partial charge in [0.2, 0.25) is 0 Å². The summed E-state index contributed by atoms with van der Waals surface area (Å²) >= 11 is 3.14. The van der Waals surface area contributed by atoms with Crippen molar-refractivity contribution in [3.63, 3.8) is 0 Å². The summed E-state index contributed by atoms with van der Waals surface area (Å²) in [5, 5.41) is 0. The number of hydrogen-bond acceptors (Lipinski definition) is 1. The fourth-order valence-corrected chi connectivity index (χ4v) is 0.696. The molecule has 8 heavy (non-hydrogen) atoms. The van der Waals surface area contributed by atoms with Crippen LogP contribution in [0.1, 0.15) is 0 Å². The van der Waals surface area contributed by atoms with E-state index in [1.165, 1.54) is 0 Å². The van der Waals surface area contributed by atoms with E-state index in [1.807, 2.05) is 17.0 Å². The van der Waals surface area contributed by atoms with E-state index in [-0.39, 0.29) is 0 Å². The van der Waals surface area contributed by atoms with Crippen LogP contribution in [-0.4, -0.2) is 9.55 Å². The molecule has 0 radical (unpaired) electrons. The maximum atomic E-state index is 3.83. The number of hydrogen-bond donors (Lipinski definition) is 0. The Morgan fingerprint density at radius 2 is 2.50 bits per heavy atom. The molecule has 0 saturated heterocycles. The molecule has 0 unspecified atom stereocenters. The van der Waals surface area contributed by atoms with Gasteiger partial charge >= 0.3 is 0 Å². The maximum absolute atomic E-state index is 3.83. The Bertz CT molecular complexity index is 167. The van der Waals surface area contributed by atoms with E-state index in [4.69, 9.17) is 0 Å². The highest BCUT2D eigenvalue weighted by Gasteiger charge is 1.75. The van der Waals surface area contributed by atoms with E-state index in [0.29, 0.717) is 0 Å². The first kappa shape index (κ1) is 5.56. The zero-order chi connectivity index (χ0) is 5.82. The van der Waals surface area contributed by atoms with Crippen LogP contribution in [0.3, 0.4) is 0 Å². The lowest BCUT2D eigenvalue weighted by molar-refractivity contribution is 1.14. The second-order valence-corrected chi connectivity index (χ2v) is 1.81. The third-order valence-corrected chi connectivity index (χ3v) is 0.990. The SMILES string of the molecule is BrC=Cn1ccnc1. The number of halogens is 1. The smallest absolute Gasteiger partial charge is 0.0986 e. The predicted octanol–water partition coefficient (Wildman–Crippen LogP) is 1.71. The van der Waals surface area contributed by atoms with Crippen molar-refractivity contribution in [3.05, 3.63) is 23.7 Å². The summed E-state index contributed by atoms with van der Waals surface area (Å²) in [6.45, 7) is 0. The summed E-state index contributed by atoms with van der Waals surface area (Å²) in [6, 6.07) is 0. The van der Waals surface area contributed by atoms with Crippen molar-refractivity contribution in [2.24, 2.45) is 0 Å². The van der Waals surface area contributed by atoms with Crippen molar-refractivity contribution in [1.82, 2.24) is 9.55 Å². The summed E-state index contributed by atoms with van der Waals surface area (Å²) in [5.41, 5.74) is 0. The second kappa shape index (κ2) is 2.67. The van der Waals surface area contributed by atoms with Gasteiger partial charge in [-0.15, -0.1) is 0 Å². The predicted molar refractivity (Wildman–Crippen MR) is 36.5 cm³/mol. The van der Waals surface area contributed by atoms with Gasteiger partial charge in [0.25, 0.3) is 0 Å². The Morgan fingerprint density at radius 1 is 1.62 bits per heavy atom. The zero-order valence-corrected chi connectivity index (χ0v) is 5.75. The molecule has 0 fully saturated rings. The van der Waals surface area contributed by atoms with Gasteiger partial charge in [0, 0.05) is 18.6 Å². The molecule has 0 amide bonds. The fraction of sp³-hybridized carbons (Fsp3) is 0. The van der Waals surface area contributed by atoms with Gasteiger partial charge in [-0.2, -0.15) is 0 Å². The molecule has 1 heterocycles. The Morgan fingerprint density at radius 3 is 3.00 bits per heavy atom. The van der Waals surface area contributed by atoms with Crippen molar-refractivity contribution < 1.29 is 0 Å². The van der Waals surface area contributed by atoms with Gasteiger partial charge in [0.1, 0.15) is 0 Å². The highest BCUT2D eigenvalue weighted by molar-refractivity contribution is 9.11. The van der Waals surface area contributed by atoms with Gasteiger partial charge < -0.3 is 4.57 Å². The van der Waals surface area contributed by atoms with E-state index >= 15 is 0 Å². The highest BCUT2D eigenvalue weighted by Crippen LogP contribution is 1.89. The van der Waals surface area contributed by atoms with Gasteiger partial charge in [-0.3, -0.25) is 0 Å². The first-order valence-electron chi connectivity index (χ1n) is 2.18. The zero-order valence-electron chi connectivity index (χ0n) is 4.16. The van der Waals surface area contributed by atoms with Crippen LogP contribution in [0.4, 0.5) is 0 Å². The Balaban J connectivity index is 2.77. The monoisotopic (exact) mass is 172 g/mol. The molecule has 0 atom stereocenters. The van der Waals surface area contributed by atoms with Crippen molar-refractivity contribution in [2.45, 2.75) is 0 Å². The van der Waals surface area contributed by atoms with Gasteiger partial charge in [-0.25, -0.2) is 4.98 Å². The summed E-state index contributed by atoms with van der Waals surface area (Å²) < 4.78 is 1.84. The minimum atomic E-state index is 1.72.